The summed E-state index contributed by atoms with van der Waals surface area (Å²) in [6, 6.07) is 11.1. The zero-order chi connectivity index (χ0) is 19.6. The van der Waals surface area contributed by atoms with Crippen LogP contribution in [0.1, 0.15) is 0 Å². The number of rotatable bonds is 10. The van der Waals surface area contributed by atoms with Crippen molar-refractivity contribution in [1.82, 2.24) is 0 Å². The Kier molecular flexibility index (Phi) is 9.62. The number of halogens is 3. The first-order valence-corrected chi connectivity index (χ1v) is 9.99. The molecule has 0 fully saturated rings. The molecule has 0 aromatic heterocycles. The van der Waals surface area contributed by atoms with Gasteiger partial charge in [0, 0.05) is 22.4 Å². The summed E-state index contributed by atoms with van der Waals surface area (Å²) in [5, 5.41) is 10.5. The second-order valence-electron chi connectivity index (χ2n) is 5.38. The molecule has 2 aromatic carbocycles. The molecule has 0 amide bonds. The molecule has 2 aromatic rings. The van der Waals surface area contributed by atoms with E-state index < -0.39 is 6.10 Å². The zero-order valence-corrected chi connectivity index (χ0v) is 17.6. The van der Waals surface area contributed by atoms with Gasteiger partial charge in [0.2, 0.25) is 0 Å². The fourth-order valence-electron chi connectivity index (χ4n) is 2.07. The summed E-state index contributed by atoms with van der Waals surface area (Å²) in [4.78, 5) is 1.88. The summed E-state index contributed by atoms with van der Waals surface area (Å²) in [6.45, 7) is 0.694. The Bertz CT molecular complexity index is 730. The number of hydrogen-bond acceptors (Lipinski definition) is 5. The average molecular weight is 450 g/mol. The molecule has 0 saturated heterocycles. The van der Waals surface area contributed by atoms with Crippen LogP contribution in [0.5, 0.6) is 11.5 Å². The van der Waals surface area contributed by atoms with Crippen molar-refractivity contribution < 1.29 is 19.3 Å². The highest BCUT2D eigenvalue weighted by atomic mass is 35.5. The number of aliphatic hydroxyl groups is 1. The number of methoxy groups -OCH3 is 1. The first kappa shape index (κ1) is 22.2. The molecule has 0 unspecified atom stereocenters. The third-order valence-electron chi connectivity index (χ3n) is 3.25. The van der Waals surface area contributed by atoms with Crippen LogP contribution in [0, 0.1) is 0 Å². The molecule has 27 heavy (non-hydrogen) atoms. The maximum atomic E-state index is 9.60. The second kappa shape index (κ2) is 11.7. The van der Waals surface area contributed by atoms with Gasteiger partial charge in [-0.3, -0.25) is 0 Å². The van der Waals surface area contributed by atoms with Gasteiger partial charge in [0.1, 0.15) is 25.1 Å². The molecule has 146 valence electrons. The summed E-state index contributed by atoms with van der Waals surface area (Å²) in [7, 11) is 1.53. The van der Waals surface area contributed by atoms with Crippen LogP contribution in [0.3, 0.4) is 0 Å². The Morgan fingerprint density at radius 2 is 1.70 bits per heavy atom. The molecule has 4 nitrogen and oxygen atoms in total. The van der Waals surface area contributed by atoms with Crippen LogP contribution in [-0.4, -0.2) is 38.1 Å². The molecule has 0 radical (unpaired) electrons. The van der Waals surface area contributed by atoms with Crippen molar-refractivity contribution in [3.05, 3.63) is 58.1 Å². The van der Waals surface area contributed by atoms with Gasteiger partial charge < -0.3 is 19.3 Å². The average Bonchev–Trinajstić information content (AvgIpc) is 2.64. The zero-order valence-electron chi connectivity index (χ0n) is 14.5. The Labute approximate surface area is 178 Å². The molecular formula is C19H19Cl3O4S. The van der Waals surface area contributed by atoms with Crippen molar-refractivity contribution in [1.29, 1.82) is 0 Å². The van der Waals surface area contributed by atoms with E-state index in [1.807, 2.05) is 24.3 Å². The highest BCUT2D eigenvalue weighted by Crippen LogP contribution is 2.39. The van der Waals surface area contributed by atoms with Crippen LogP contribution < -0.4 is 9.47 Å². The first-order chi connectivity index (χ1) is 13.0. The van der Waals surface area contributed by atoms with E-state index in [4.69, 9.17) is 49.0 Å². The molecule has 1 N–H and O–H groups in total. The van der Waals surface area contributed by atoms with Gasteiger partial charge in [-0.25, -0.2) is 0 Å². The predicted octanol–water partition coefficient (Wildman–Crippen LogP) is 5.66. The van der Waals surface area contributed by atoms with E-state index in [1.165, 1.54) is 24.4 Å². The van der Waals surface area contributed by atoms with Crippen molar-refractivity contribution in [2.45, 2.75) is 15.9 Å². The summed E-state index contributed by atoms with van der Waals surface area (Å²) in [5.41, 5.74) is 1.37. The van der Waals surface area contributed by atoms with Crippen molar-refractivity contribution in [2.24, 2.45) is 0 Å². The molecule has 0 aliphatic carbocycles. The normalized spacial score (nSPS) is 12.3. The van der Waals surface area contributed by atoms with E-state index in [0.29, 0.717) is 21.5 Å². The maximum absolute atomic E-state index is 9.60. The Morgan fingerprint density at radius 3 is 2.30 bits per heavy atom. The van der Waals surface area contributed by atoms with Crippen LogP contribution in [-0.2, 0) is 4.74 Å². The fourth-order valence-corrected chi connectivity index (χ4v) is 3.77. The molecular weight excluding hydrogens is 431 g/mol. The minimum atomic E-state index is -0.658. The summed E-state index contributed by atoms with van der Waals surface area (Å²) in [5.74, 6) is 1.09. The van der Waals surface area contributed by atoms with Crippen LogP contribution in [0.4, 0.5) is 0 Å². The van der Waals surface area contributed by atoms with Crippen LogP contribution in [0.2, 0.25) is 10.0 Å². The highest BCUT2D eigenvalue weighted by molar-refractivity contribution is 7.99. The number of hydrogen-bond donors (Lipinski definition) is 1. The van der Waals surface area contributed by atoms with Crippen LogP contribution in [0.25, 0.3) is 0 Å². The van der Waals surface area contributed by atoms with E-state index >= 15 is 0 Å². The lowest BCUT2D eigenvalue weighted by molar-refractivity contribution is 0.0325. The fraction of sp³-hybridized carbons (Fsp3) is 0.263. The van der Waals surface area contributed by atoms with E-state index in [2.05, 4.69) is 0 Å². The van der Waals surface area contributed by atoms with Gasteiger partial charge in [0.15, 0.2) is 5.75 Å². The lowest BCUT2D eigenvalue weighted by Crippen LogP contribution is -2.22. The molecule has 2 rings (SSSR count). The van der Waals surface area contributed by atoms with Crippen molar-refractivity contribution in [2.75, 3.05) is 26.9 Å². The third-order valence-corrected chi connectivity index (χ3v) is 4.96. The molecule has 0 bridgehead atoms. The van der Waals surface area contributed by atoms with Gasteiger partial charge in [-0.1, -0.05) is 46.6 Å². The van der Waals surface area contributed by atoms with E-state index in [1.54, 1.807) is 18.2 Å². The van der Waals surface area contributed by atoms with E-state index in [9.17, 15) is 5.11 Å². The summed E-state index contributed by atoms with van der Waals surface area (Å²) >= 11 is 19.5. The van der Waals surface area contributed by atoms with Gasteiger partial charge in [-0.05, 0) is 42.5 Å². The molecule has 0 aliphatic rings. The number of benzene rings is 2. The number of ether oxygens (including phenoxy) is 3. The minimum absolute atomic E-state index is 0.173. The van der Waals surface area contributed by atoms with Crippen molar-refractivity contribution in [3.8, 4) is 11.5 Å². The van der Waals surface area contributed by atoms with Gasteiger partial charge >= 0.3 is 0 Å². The first-order valence-electron chi connectivity index (χ1n) is 7.98. The van der Waals surface area contributed by atoms with Crippen molar-refractivity contribution >= 4 is 46.6 Å². The Balaban J connectivity index is 1.98. The SMILES string of the molecule is COC[C@@H](O)COc1ccc(Sc2cc(Cl)c(OC/C=C/Cl)c(Cl)c2)cc1. The number of aliphatic hydroxyl groups excluding tert-OH is 1. The van der Waals surface area contributed by atoms with Crippen molar-refractivity contribution in [3.63, 3.8) is 0 Å². The second-order valence-corrected chi connectivity index (χ2v) is 7.60. The molecule has 0 aliphatic heterocycles. The standard InChI is InChI=1S/C19H19Cl3O4S/c1-24-11-13(23)12-26-14-3-5-15(6-4-14)27-16-9-17(21)19(18(22)10-16)25-8-2-7-20/h2-7,9-10,13,23H,8,11-12H2,1H3/b7-2+/t13-/m1/s1. The highest BCUT2D eigenvalue weighted by Gasteiger charge is 2.11. The maximum Gasteiger partial charge on any atom is 0.157 e. The third kappa shape index (κ3) is 7.45. The van der Waals surface area contributed by atoms with Gasteiger partial charge in [-0.15, -0.1) is 0 Å². The Hall–Kier alpha value is -1.08. The monoisotopic (exact) mass is 448 g/mol. The van der Waals surface area contributed by atoms with Gasteiger partial charge in [-0.2, -0.15) is 0 Å². The molecule has 0 heterocycles. The summed E-state index contributed by atoms with van der Waals surface area (Å²) in [6.07, 6.45) is 0.989. The Morgan fingerprint density at radius 1 is 1.04 bits per heavy atom. The molecule has 0 saturated carbocycles. The lowest BCUT2D eigenvalue weighted by Gasteiger charge is -2.12. The van der Waals surface area contributed by atoms with Crippen LogP contribution >= 0.6 is 46.6 Å². The predicted molar refractivity (Wildman–Crippen MR) is 111 cm³/mol. The molecule has 8 heteroatoms. The largest absolute Gasteiger partial charge is 0.491 e. The van der Waals surface area contributed by atoms with Gasteiger partial charge in [0.25, 0.3) is 0 Å². The lowest BCUT2D eigenvalue weighted by atomic mass is 10.3. The summed E-state index contributed by atoms with van der Waals surface area (Å²) < 4.78 is 15.9. The van der Waals surface area contributed by atoms with E-state index in [0.717, 1.165) is 9.79 Å². The molecule has 1 atom stereocenters. The van der Waals surface area contributed by atoms with Crippen LogP contribution in [0.15, 0.2) is 57.8 Å². The molecule has 0 spiro atoms. The minimum Gasteiger partial charge on any atom is -0.491 e. The van der Waals surface area contributed by atoms with E-state index in [-0.39, 0.29) is 19.8 Å². The topological polar surface area (TPSA) is 47.9 Å². The quantitative estimate of drug-likeness (QED) is 0.507. The van der Waals surface area contributed by atoms with Gasteiger partial charge in [0.05, 0.1) is 16.7 Å². The smallest absolute Gasteiger partial charge is 0.157 e.